The Balaban J connectivity index is 2.79. The smallest absolute Gasteiger partial charge is 0.280 e. The molecule has 0 aliphatic carbocycles. The van der Waals surface area contributed by atoms with E-state index in [9.17, 15) is 9.28 Å². The number of nitrogens with zero attached hydrogens (tertiary/aromatic N) is 4. The number of hydrogen-bond donors (Lipinski definition) is 1. The highest BCUT2D eigenvalue weighted by Crippen LogP contribution is 2.05. The number of aromatic nitrogens is 4. The van der Waals surface area contributed by atoms with Crippen LogP contribution in [0.3, 0.4) is 0 Å². The molecule has 0 spiro atoms. The monoisotopic (exact) mass is 195 g/mol. The third kappa shape index (κ3) is 1.28. The quantitative estimate of drug-likeness (QED) is 0.650. The van der Waals surface area contributed by atoms with Crippen molar-refractivity contribution >= 4 is 17.1 Å². The van der Waals surface area contributed by atoms with Gasteiger partial charge in [-0.2, -0.15) is 10.1 Å². The summed E-state index contributed by atoms with van der Waals surface area (Å²) >= 11 is 0. The molecular formula is C7H6FN5O. The van der Waals surface area contributed by atoms with E-state index in [1.807, 2.05) is 0 Å². The van der Waals surface area contributed by atoms with E-state index in [1.54, 1.807) is 0 Å². The van der Waals surface area contributed by atoms with Crippen molar-refractivity contribution in [3.63, 3.8) is 0 Å². The van der Waals surface area contributed by atoms with E-state index in [2.05, 4.69) is 19.9 Å². The summed E-state index contributed by atoms with van der Waals surface area (Å²) in [5.74, 6) is -0.192. The number of halogens is 1. The molecule has 2 rings (SSSR count). The molecule has 7 heteroatoms. The molecule has 0 fully saturated rings. The molecule has 0 unspecified atom stereocenters. The van der Waals surface area contributed by atoms with Crippen LogP contribution in [0.4, 0.5) is 10.4 Å². The molecule has 0 saturated carbocycles. The summed E-state index contributed by atoms with van der Waals surface area (Å²) in [6.07, 6.45) is 2.76. The third-order valence-corrected chi connectivity index (χ3v) is 1.62. The van der Waals surface area contributed by atoms with Crippen LogP contribution in [-0.4, -0.2) is 27.0 Å². The molecule has 0 amide bonds. The number of aromatic amines is 1. The van der Waals surface area contributed by atoms with E-state index in [4.69, 9.17) is 0 Å². The predicted molar refractivity (Wildman–Crippen MR) is 47.5 cm³/mol. The van der Waals surface area contributed by atoms with Crippen molar-refractivity contribution in [3.8, 4) is 0 Å². The van der Waals surface area contributed by atoms with Crippen molar-refractivity contribution in [3.05, 3.63) is 22.7 Å². The molecule has 2 aromatic rings. The summed E-state index contributed by atoms with van der Waals surface area (Å²) in [4.78, 5) is 24.9. The van der Waals surface area contributed by atoms with E-state index in [1.165, 1.54) is 12.4 Å². The molecule has 14 heavy (non-hydrogen) atoms. The van der Waals surface area contributed by atoms with Gasteiger partial charge in [-0.25, -0.2) is 9.97 Å². The van der Waals surface area contributed by atoms with E-state index >= 15 is 0 Å². The zero-order valence-electron chi connectivity index (χ0n) is 7.23. The zero-order valence-corrected chi connectivity index (χ0v) is 7.23. The second-order valence-corrected chi connectivity index (χ2v) is 2.60. The first-order chi connectivity index (χ1) is 6.68. The third-order valence-electron chi connectivity index (χ3n) is 1.62. The van der Waals surface area contributed by atoms with Crippen LogP contribution in [0.2, 0.25) is 0 Å². The maximum absolute atomic E-state index is 12.7. The molecule has 0 bridgehead atoms. The predicted octanol–water partition coefficient (Wildman–Crippen LogP) is 0.0338. The summed E-state index contributed by atoms with van der Waals surface area (Å²) in [5.41, 5.74) is -0.295. The van der Waals surface area contributed by atoms with Gasteiger partial charge in [0.15, 0.2) is 11.2 Å². The van der Waals surface area contributed by atoms with Gasteiger partial charge in [0.2, 0.25) is 5.95 Å². The maximum Gasteiger partial charge on any atom is 0.280 e. The second kappa shape index (κ2) is 3.02. The van der Waals surface area contributed by atoms with Crippen LogP contribution in [0.15, 0.2) is 17.2 Å². The lowest BCUT2D eigenvalue weighted by Gasteiger charge is -2.04. The number of H-pyrrole nitrogens is 1. The van der Waals surface area contributed by atoms with Gasteiger partial charge >= 0.3 is 0 Å². The van der Waals surface area contributed by atoms with Crippen LogP contribution in [-0.2, 0) is 0 Å². The van der Waals surface area contributed by atoms with Gasteiger partial charge in [-0.15, -0.1) is 0 Å². The van der Waals surface area contributed by atoms with Gasteiger partial charge in [0, 0.05) is 19.4 Å². The SMILES string of the molecule is CN(F)c1nc2nccnc2c(=O)[nH]1. The molecule has 2 heterocycles. The Kier molecular flexibility index (Phi) is 1.84. The summed E-state index contributed by atoms with van der Waals surface area (Å²) in [7, 11) is 1.13. The van der Waals surface area contributed by atoms with Gasteiger partial charge in [0.05, 0.1) is 0 Å². The lowest BCUT2D eigenvalue weighted by atomic mass is 10.5. The Morgan fingerprint density at radius 3 is 2.86 bits per heavy atom. The summed E-state index contributed by atoms with van der Waals surface area (Å²) < 4.78 is 12.7. The molecule has 0 aromatic carbocycles. The fourth-order valence-corrected chi connectivity index (χ4v) is 1.01. The fourth-order valence-electron chi connectivity index (χ4n) is 1.01. The molecular weight excluding hydrogens is 189 g/mol. The topological polar surface area (TPSA) is 74.8 Å². The van der Waals surface area contributed by atoms with Gasteiger partial charge in [0.1, 0.15) is 0 Å². The number of nitrogens with one attached hydrogen (secondary N) is 1. The molecule has 0 saturated heterocycles. The lowest BCUT2D eigenvalue weighted by Crippen LogP contribution is -2.17. The highest BCUT2D eigenvalue weighted by atomic mass is 19.2. The summed E-state index contributed by atoms with van der Waals surface area (Å²) in [6, 6.07) is 0. The molecule has 6 nitrogen and oxygen atoms in total. The van der Waals surface area contributed by atoms with Gasteiger partial charge in [-0.05, 0) is 0 Å². The lowest BCUT2D eigenvalue weighted by molar-refractivity contribution is 0.463. The van der Waals surface area contributed by atoms with Gasteiger partial charge < -0.3 is 0 Å². The molecule has 1 N–H and O–H groups in total. The maximum atomic E-state index is 12.7. The molecule has 0 radical (unpaired) electrons. The largest absolute Gasteiger partial charge is 0.289 e. The average molecular weight is 195 g/mol. The van der Waals surface area contributed by atoms with Crippen LogP contribution in [0.5, 0.6) is 0 Å². The molecule has 0 atom stereocenters. The Morgan fingerprint density at radius 2 is 2.14 bits per heavy atom. The molecule has 0 aliphatic heterocycles. The molecule has 0 aliphatic rings. The first-order valence-electron chi connectivity index (χ1n) is 3.79. The van der Waals surface area contributed by atoms with Crippen LogP contribution in [0.25, 0.3) is 11.2 Å². The Hall–Kier alpha value is -2.05. The van der Waals surface area contributed by atoms with E-state index in [0.29, 0.717) is 0 Å². The Bertz CT molecular complexity index is 523. The normalized spacial score (nSPS) is 10.4. The molecule has 2 aromatic heterocycles. The average Bonchev–Trinajstić information content (AvgIpc) is 2.17. The van der Waals surface area contributed by atoms with Crippen molar-refractivity contribution in [2.75, 3.05) is 12.2 Å². The van der Waals surface area contributed by atoms with Gasteiger partial charge in [0.25, 0.3) is 5.56 Å². The minimum Gasteiger partial charge on any atom is -0.289 e. The van der Waals surface area contributed by atoms with Crippen LogP contribution < -0.4 is 10.7 Å². The van der Waals surface area contributed by atoms with Gasteiger partial charge in [-0.1, -0.05) is 4.48 Å². The Morgan fingerprint density at radius 1 is 1.43 bits per heavy atom. The highest BCUT2D eigenvalue weighted by molar-refractivity contribution is 5.68. The van der Waals surface area contributed by atoms with E-state index < -0.39 is 5.56 Å². The number of hydrogen-bond acceptors (Lipinski definition) is 5. The summed E-state index contributed by atoms with van der Waals surface area (Å²) in [5, 5.41) is 0.204. The van der Waals surface area contributed by atoms with Crippen LogP contribution in [0.1, 0.15) is 0 Å². The second-order valence-electron chi connectivity index (χ2n) is 2.60. The van der Waals surface area contributed by atoms with E-state index in [0.717, 1.165) is 7.05 Å². The van der Waals surface area contributed by atoms with Crippen LogP contribution >= 0.6 is 0 Å². The minimum atomic E-state index is -0.511. The van der Waals surface area contributed by atoms with Crippen molar-refractivity contribution in [2.24, 2.45) is 0 Å². The van der Waals surface area contributed by atoms with Crippen molar-refractivity contribution in [2.45, 2.75) is 0 Å². The molecule has 72 valence electrons. The van der Waals surface area contributed by atoms with Crippen LogP contribution in [0, 0.1) is 0 Å². The first kappa shape index (κ1) is 8.54. The highest BCUT2D eigenvalue weighted by Gasteiger charge is 2.07. The fraction of sp³-hybridized carbons (Fsp3) is 0.143. The van der Waals surface area contributed by atoms with E-state index in [-0.39, 0.29) is 22.2 Å². The van der Waals surface area contributed by atoms with Gasteiger partial charge in [-0.3, -0.25) is 9.78 Å². The summed E-state index contributed by atoms with van der Waals surface area (Å²) in [6.45, 7) is 0. The number of fused-ring (bicyclic) bond motifs is 1. The number of anilines is 1. The standard InChI is InChI=1S/C7H6FN5O/c1-13(8)7-11-5-4(6(14)12-7)9-2-3-10-5/h2-3H,1H3,(H,10,11,12,14). The minimum absolute atomic E-state index is 0.0955. The van der Waals surface area contributed by atoms with Crippen molar-refractivity contribution in [1.29, 1.82) is 0 Å². The first-order valence-corrected chi connectivity index (χ1v) is 3.79. The number of rotatable bonds is 1. The zero-order chi connectivity index (χ0) is 10.1. The van der Waals surface area contributed by atoms with Crippen molar-refractivity contribution in [1.82, 2.24) is 19.9 Å². The Labute approximate surface area is 77.4 Å². The van der Waals surface area contributed by atoms with Crippen molar-refractivity contribution < 1.29 is 4.48 Å².